The highest BCUT2D eigenvalue weighted by Gasteiger charge is 2.25. The van der Waals surface area contributed by atoms with E-state index >= 15 is 0 Å². The highest BCUT2D eigenvalue weighted by molar-refractivity contribution is 6.24. The van der Waals surface area contributed by atoms with Gasteiger partial charge in [0.1, 0.15) is 0 Å². The van der Waals surface area contributed by atoms with Crippen LogP contribution in [-0.2, 0) is 0 Å². The number of anilines is 6. The quantitative estimate of drug-likeness (QED) is 0.141. The van der Waals surface area contributed by atoms with Gasteiger partial charge in [0.25, 0.3) is 0 Å². The number of hydrogen-bond acceptors (Lipinski definition) is 2. The van der Waals surface area contributed by atoms with Crippen molar-refractivity contribution in [3.63, 3.8) is 0 Å². The summed E-state index contributed by atoms with van der Waals surface area (Å²) in [6, 6.07) is 78.9. The zero-order valence-electron chi connectivity index (χ0n) is 37.6. The molecule has 0 N–H and O–H groups in total. The van der Waals surface area contributed by atoms with Crippen molar-refractivity contribution in [3.05, 3.63) is 240 Å². The lowest BCUT2D eigenvalue weighted by Crippen LogP contribution is -2.11. The SMILES string of the molecule is Cc1ccc(N(c2ccc(C)cc2)c2c3ccccc3c(-c3cc(C)cc(-c4c5ccccc5c(N(c5ccc(C)cc5)c5ccc(C)cc5)c5ccccc45)c3)c3ccccc23)cc1. The maximum absolute atomic E-state index is 2.45. The van der Waals surface area contributed by atoms with Crippen LogP contribution >= 0.6 is 0 Å². The number of fused-ring (bicyclic) bond motifs is 4. The zero-order valence-corrected chi connectivity index (χ0v) is 37.6. The topological polar surface area (TPSA) is 6.48 Å². The maximum Gasteiger partial charge on any atom is 0.0618 e. The Labute approximate surface area is 382 Å². The van der Waals surface area contributed by atoms with Crippen molar-refractivity contribution in [2.24, 2.45) is 0 Å². The molecule has 0 radical (unpaired) electrons. The lowest BCUT2D eigenvalue weighted by atomic mass is 9.85. The molecule has 0 aliphatic heterocycles. The molecule has 11 aromatic rings. The van der Waals surface area contributed by atoms with E-state index in [1.54, 1.807) is 0 Å². The summed E-state index contributed by atoms with van der Waals surface area (Å²) in [7, 11) is 0. The molecule has 2 nitrogen and oxygen atoms in total. The van der Waals surface area contributed by atoms with Gasteiger partial charge in [0.15, 0.2) is 0 Å². The number of rotatable bonds is 8. The second-order valence-electron chi connectivity index (χ2n) is 17.7. The van der Waals surface area contributed by atoms with Gasteiger partial charge in [0, 0.05) is 44.3 Å². The Morgan fingerprint density at radius 1 is 0.231 bits per heavy atom. The summed E-state index contributed by atoms with van der Waals surface area (Å²) in [4.78, 5) is 4.90. The Bertz CT molecular complexity index is 3120. The first-order chi connectivity index (χ1) is 31.8. The van der Waals surface area contributed by atoms with E-state index in [0.717, 1.165) is 22.7 Å². The molecule has 0 amide bonds. The van der Waals surface area contributed by atoms with Gasteiger partial charge in [-0.15, -0.1) is 0 Å². The first kappa shape index (κ1) is 39.9. The van der Waals surface area contributed by atoms with Crippen molar-refractivity contribution in [3.8, 4) is 22.3 Å². The predicted molar refractivity (Wildman–Crippen MR) is 280 cm³/mol. The number of hydrogen-bond donors (Lipinski definition) is 0. The molecule has 0 spiro atoms. The van der Waals surface area contributed by atoms with Gasteiger partial charge in [-0.2, -0.15) is 0 Å². The molecule has 312 valence electrons. The molecule has 0 aliphatic carbocycles. The first-order valence-electron chi connectivity index (χ1n) is 22.7. The Morgan fingerprint density at radius 2 is 0.462 bits per heavy atom. The van der Waals surface area contributed by atoms with Crippen LogP contribution in [-0.4, -0.2) is 0 Å². The molecule has 0 saturated heterocycles. The van der Waals surface area contributed by atoms with Crippen molar-refractivity contribution in [1.29, 1.82) is 0 Å². The van der Waals surface area contributed by atoms with Gasteiger partial charge in [0.2, 0.25) is 0 Å². The molecule has 0 bridgehead atoms. The van der Waals surface area contributed by atoms with Gasteiger partial charge in [-0.1, -0.05) is 180 Å². The minimum Gasteiger partial charge on any atom is -0.309 e. The largest absolute Gasteiger partial charge is 0.309 e. The van der Waals surface area contributed by atoms with Crippen LogP contribution in [0.2, 0.25) is 0 Å². The van der Waals surface area contributed by atoms with Crippen LogP contribution in [0.1, 0.15) is 27.8 Å². The predicted octanol–water partition coefficient (Wildman–Crippen LogP) is 18.1. The van der Waals surface area contributed by atoms with Gasteiger partial charge in [-0.3, -0.25) is 0 Å². The van der Waals surface area contributed by atoms with Crippen LogP contribution in [0.25, 0.3) is 65.3 Å². The molecule has 0 aromatic heterocycles. The lowest BCUT2D eigenvalue weighted by Gasteiger charge is -2.30. The van der Waals surface area contributed by atoms with Crippen LogP contribution in [0.15, 0.2) is 212 Å². The Hall–Kier alpha value is -7.94. The van der Waals surface area contributed by atoms with E-state index < -0.39 is 0 Å². The molecule has 65 heavy (non-hydrogen) atoms. The molecule has 0 fully saturated rings. The molecular weight excluding hydrogens is 785 g/mol. The van der Waals surface area contributed by atoms with Crippen LogP contribution in [0.3, 0.4) is 0 Å². The second-order valence-corrected chi connectivity index (χ2v) is 17.7. The number of benzene rings is 11. The third-order valence-corrected chi connectivity index (χ3v) is 13.1. The minimum atomic E-state index is 1.13. The Balaban J connectivity index is 1.18. The fourth-order valence-corrected chi connectivity index (χ4v) is 9.98. The smallest absolute Gasteiger partial charge is 0.0618 e. The van der Waals surface area contributed by atoms with Crippen LogP contribution < -0.4 is 9.80 Å². The fourth-order valence-electron chi connectivity index (χ4n) is 9.98. The van der Waals surface area contributed by atoms with Crippen molar-refractivity contribution in [2.75, 3.05) is 9.80 Å². The summed E-state index contributed by atoms with van der Waals surface area (Å²) in [5.41, 5.74) is 17.9. The Kier molecular flexibility index (Phi) is 10.0. The van der Waals surface area contributed by atoms with Crippen LogP contribution in [0.5, 0.6) is 0 Å². The van der Waals surface area contributed by atoms with Crippen molar-refractivity contribution >= 4 is 77.2 Å². The van der Waals surface area contributed by atoms with Gasteiger partial charge in [0.05, 0.1) is 11.4 Å². The third-order valence-electron chi connectivity index (χ3n) is 13.1. The summed E-state index contributed by atoms with van der Waals surface area (Å²) in [6.45, 7) is 10.9. The van der Waals surface area contributed by atoms with E-state index in [2.05, 4.69) is 257 Å². The molecule has 11 rings (SSSR count). The van der Waals surface area contributed by atoms with E-state index in [1.807, 2.05) is 0 Å². The maximum atomic E-state index is 2.45. The molecule has 2 heteroatoms. The van der Waals surface area contributed by atoms with Gasteiger partial charge < -0.3 is 9.80 Å². The molecule has 11 aromatic carbocycles. The van der Waals surface area contributed by atoms with Crippen LogP contribution in [0, 0.1) is 34.6 Å². The standard InChI is InChI=1S/C63H50N2/c1-41-22-30-48(31-23-41)64(49-32-24-42(2)25-33-49)62-56-18-10-6-14-52(56)60(53-15-7-11-19-57(53)62)46-38-45(5)39-47(40-46)61-54-16-8-12-20-58(54)63(59-21-13-9-17-55(59)61)65(50-34-26-43(3)27-35-50)51-36-28-44(4)29-37-51/h6-40H,1-5H3. The summed E-state index contributed by atoms with van der Waals surface area (Å²) in [6.07, 6.45) is 0. The summed E-state index contributed by atoms with van der Waals surface area (Å²) in [5, 5.41) is 9.71. The summed E-state index contributed by atoms with van der Waals surface area (Å²) < 4.78 is 0. The summed E-state index contributed by atoms with van der Waals surface area (Å²) >= 11 is 0. The molecule has 0 heterocycles. The average Bonchev–Trinajstić information content (AvgIpc) is 3.33. The lowest BCUT2D eigenvalue weighted by molar-refractivity contribution is 1.29. The first-order valence-corrected chi connectivity index (χ1v) is 22.7. The average molecular weight is 835 g/mol. The van der Waals surface area contributed by atoms with Gasteiger partial charge in [-0.25, -0.2) is 0 Å². The molecule has 0 aliphatic rings. The minimum absolute atomic E-state index is 1.13. The zero-order chi connectivity index (χ0) is 44.2. The molecular formula is C63H50N2. The molecule has 0 saturated carbocycles. The van der Waals surface area contributed by atoms with Gasteiger partial charge >= 0.3 is 0 Å². The molecule has 0 unspecified atom stereocenters. The highest BCUT2D eigenvalue weighted by atomic mass is 15.2. The monoisotopic (exact) mass is 834 g/mol. The van der Waals surface area contributed by atoms with Crippen molar-refractivity contribution in [1.82, 2.24) is 0 Å². The third kappa shape index (κ3) is 7.09. The summed E-state index contributed by atoms with van der Waals surface area (Å²) in [5.74, 6) is 0. The second kappa shape index (κ2) is 16.3. The normalized spacial score (nSPS) is 11.5. The number of nitrogens with zero attached hydrogens (tertiary/aromatic N) is 2. The van der Waals surface area contributed by atoms with E-state index in [-0.39, 0.29) is 0 Å². The molecule has 0 atom stereocenters. The Morgan fingerprint density at radius 3 is 0.708 bits per heavy atom. The number of aryl methyl sites for hydroxylation is 5. The highest BCUT2D eigenvalue weighted by Crippen LogP contribution is 2.51. The van der Waals surface area contributed by atoms with E-state index in [9.17, 15) is 0 Å². The van der Waals surface area contributed by atoms with Gasteiger partial charge in [-0.05, 0) is 139 Å². The van der Waals surface area contributed by atoms with E-state index in [1.165, 1.54) is 105 Å². The van der Waals surface area contributed by atoms with E-state index in [0.29, 0.717) is 0 Å². The van der Waals surface area contributed by atoms with Crippen molar-refractivity contribution in [2.45, 2.75) is 34.6 Å². The van der Waals surface area contributed by atoms with Crippen LogP contribution in [0.4, 0.5) is 34.1 Å². The van der Waals surface area contributed by atoms with Crippen molar-refractivity contribution < 1.29 is 0 Å². The van der Waals surface area contributed by atoms with E-state index in [4.69, 9.17) is 0 Å². The fraction of sp³-hybridized carbons (Fsp3) is 0.0794.